The van der Waals surface area contributed by atoms with Crippen LogP contribution in [0.1, 0.15) is 62.5 Å². The van der Waals surface area contributed by atoms with Gasteiger partial charge in [0.15, 0.2) is 0 Å². The zero-order chi connectivity index (χ0) is 24.8. The third kappa shape index (κ3) is 6.21. The molecule has 3 atom stereocenters. The van der Waals surface area contributed by atoms with Crippen molar-refractivity contribution in [2.75, 3.05) is 13.2 Å². The minimum atomic E-state index is -0.781. The van der Waals surface area contributed by atoms with E-state index < -0.39 is 12.1 Å². The molecule has 186 valence electrons. The molecule has 0 saturated heterocycles. The number of nitrogens with one attached hydrogen (secondary N) is 2. The summed E-state index contributed by atoms with van der Waals surface area (Å²) in [6.07, 6.45) is 3.37. The Bertz CT molecular complexity index is 1020. The second-order valence-electron chi connectivity index (χ2n) is 9.82. The maximum atomic E-state index is 12.4. The van der Waals surface area contributed by atoms with Crippen LogP contribution in [0.5, 0.6) is 0 Å². The molecule has 1 fully saturated rings. The van der Waals surface area contributed by atoms with Gasteiger partial charge in [-0.2, -0.15) is 0 Å². The Labute approximate surface area is 206 Å². The summed E-state index contributed by atoms with van der Waals surface area (Å²) >= 11 is 0. The van der Waals surface area contributed by atoms with Gasteiger partial charge in [-0.25, -0.2) is 4.79 Å². The van der Waals surface area contributed by atoms with Gasteiger partial charge in [0.05, 0.1) is 5.92 Å². The molecule has 0 radical (unpaired) electrons. The molecule has 0 spiro atoms. The number of benzene rings is 2. The fourth-order valence-electron chi connectivity index (χ4n) is 5.32. The fourth-order valence-corrected chi connectivity index (χ4v) is 5.32. The van der Waals surface area contributed by atoms with E-state index in [0.717, 1.165) is 12.8 Å². The van der Waals surface area contributed by atoms with Crippen molar-refractivity contribution in [2.24, 2.45) is 11.8 Å². The van der Waals surface area contributed by atoms with Crippen molar-refractivity contribution >= 4 is 18.0 Å². The third-order valence-corrected chi connectivity index (χ3v) is 7.17. The van der Waals surface area contributed by atoms with E-state index in [1.807, 2.05) is 31.2 Å². The lowest BCUT2D eigenvalue weighted by molar-refractivity contribution is -0.143. The maximum absolute atomic E-state index is 12.4. The molecule has 3 N–H and O–H groups in total. The van der Waals surface area contributed by atoms with E-state index >= 15 is 0 Å². The van der Waals surface area contributed by atoms with Crippen LogP contribution in [0.2, 0.25) is 0 Å². The number of hydrogen-bond donors (Lipinski definition) is 3. The van der Waals surface area contributed by atoms with Crippen molar-refractivity contribution < 1.29 is 24.2 Å². The van der Waals surface area contributed by atoms with Crippen LogP contribution >= 0.6 is 0 Å². The predicted octanol–water partition coefficient (Wildman–Crippen LogP) is 4.70. The lowest BCUT2D eigenvalue weighted by atomic mass is 9.85. The molecule has 7 heteroatoms. The SMILES string of the molecule is CC(CCNC(=O)OCC1c2ccccc2-c2ccccc21)CC(=O)NC1CCCC(C(=O)O)C1. The summed E-state index contributed by atoms with van der Waals surface area (Å²) in [7, 11) is 0. The monoisotopic (exact) mass is 478 g/mol. The molecule has 2 aliphatic rings. The number of alkyl carbamates (subject to hydrolysis) is 1. The molecule has 35 heavy (non-hydrogen) atoms. The molecule has 3 unspecified atom stereocenters. The Morgan fingerprint density at radius 1 is 1.03 bits per heavy atom. The Hall–Kier alpha value is -3.35. The minimum absolute atomic E-state index is 0.0243. The largest absolute Gasteiger partial charge is 0.481 e. The highest BCUT2D eigenvalue weighted by molar-refractivity contribution is 5.79. The van der Waals surface area contributed by atoms with Crippen LogP contribution in [0.15, 0.2) is 48.5 Å². The van der Waals surface area contributed by atoms with Gasteiger partial charge in [-0.15, -0.1) is 0 Å². The summed E-state index contributed by atoms with van der Waals surface area (Å²) in [6, 6.07) is 16.4. The number of carbonyl (C=O) groups is 3. The number of ether oxygens (including phenoxy) is 1. The molecule has 0 bridgehead atoms. The van der Waals surface area contributed by atoms with Gasteiger partial charge in [-0.3, -0.25) is 9.59 Å². The summed E-state index contributed by atoms with van der Waals surface area (Å²) in [5.74, 6) is -1.10. The average molecular weight is 479 g/mol. The first-order valence-corrected chi connectivity index (χ1v) is 12.5. The predicted molar refractivity (Wildman–Crippen MR) is 133 cm³/mol. The molecular formula is C28H34N2O5. The number of carboxylic acid groups (broad SMARTS) is 1. The van der Waals surface area contributed by atoms with Crippen LogP contribution in [0.3, 0.4) is 0 Å². The van der Waals surface area contributed by atoms with Crippen molar-refractivity contribution in [3.8, 4) is 11.1 Å². The number of aliphatic carboxylic acids is 1. The van der Waals surface area contributed by atoms with Gasteiger partial charge in [0, 0.05) is 24.9 Å². The Morgan fingerprint density at radius 2 is 1.69 bits per heavy atom. The van der Waals surface area contributed by atoms with Crippen molar-refractivity contribution in [1.29, 1.82) is 0 Å². The highest BCUT2D eigenvalue weighted by atomic mass is 16.5. The first kappa shape index (κ1) is 24.8. The minimum Gasteiger partial charge on any atom is -0.481 e. The van der Waals surface area contributed by atoms with Crippen molar-refractivity contribution in [1.82, 2.24) is 10.6 Å². The second kappa shape index (κ2) is 11.4. The maximum Gasteiger partial charge on any atom is 0.407 e. The zero-order valence-corrected chi connectivity index (χ0v) is 20.2. The van der Waals surface area contributed by atoms with Crippen molar-refractivity contribution in [2.45, 2.75) is 57.4 Å². The normalized spacial score (nSPS) is 19.8. The molecule has 7 nitrogen and oxygen atoms in total. The Morgan fingerprint density at radius 3 is 2.34 bits per heavy atom. The summed E-state index contributed by atoms with van der Waals surface area (Å²) < 4.78 is 5.56. The number of amides is 2. The van der Waals surface area contributed by atoms with Crippen LogP contribution in [0.4, 0.5) is 4.79 Å². The molecular weight excluding hydrogens is 444 g/mol. The number of hydrogen-bond acceptors (Lipinski definition) is 4. The molecule has 0 heterocycles. The molecule has 1 saturated carbocycles. The van der Waals surface area contributed by atoms with Crippen molar-refractivity contribution in [3.63, 3.8) is 0 Å². The highest BCUT2D eigenvalue weighted by Gasteiger charge is 2.29. The zero-order valence-electron chi connectivity index (χ0n) is 20.2. The van der Waals surface area contributed by atoms with Gasteiger partial charge in [0.1, 0.15) is 6.61 Å². The number of fused-ring (bicyclic) bond motifs is 3. The summed E-state index contributed by atoms with van der Waals surface area (Å²) in [6.45, 7) is 2.67. The molecule has 4 rings (SSSR count). The standard InChI is InChI=1S/C28H34N2O5/c1-18(15-26(31)30-20-8-6-7-19(16-20)27(32)33)13-14-29-28(34)35-17-25-23-11-4-2-9-21(23)22-10-3-5-12-24(22)25/h2-5,9-12,18-20,25H,6-8,13-17H2,1H3,(H,29,34)(H,30,31)(H,32,33). The van der Waals surface area contributed by atoms with Crippen LogP contribution in [0, 0.1) is 11.8 Å². The molecule has 2 aromatic carbocycles. The summed E-state index contributed by atoms with van der Waals surface area (Å²) in [5.41, 5.74) is 4.73. The van der Waals surface area contributed by atoms with Gasteiger partial charge >= 0.3 is 12.1 Å². The molecule has 2 aromatic rings. The summed E-state index contributed by atoms with van der Waals surface area (Å²) in [4.78, 5) is 35.9. The number of rotatable bonds is 9. The van der Waals surface area contributed by atoms with Gasteiger partial charge in [0.25, 0.3) is 0 Å². The molecule has 2 amide bonds. The fraction of sp³-hybridized carbons (Fsp3) is 0.464. The summed E-state index contributed by atoms with van der Waals surface area (Å²) in [5, 5.41) is 15.0. The van der Waals surface area contributed by atoms with Gasteiger partial charge in [-0.1, -0.05) is 61.9 Å². The van der Waals surface area contributed by atoms with E-state index in [4.69, 9.17) is 4.74 Å². The number of carboxylic acids is 1. The van der Waals surface area contributed by atoms with E-state index in [1.54, 1.807) is 0 Å². The Balaban J connectivity index is 1.17. The second-order valence-corrected chi connectivity index (χ2v) is 9.82. The van der Waals surface area contributed by atoms with Gasteiger partial charge < -0.3 is 20.5 Å². The Kier molecular flexibility index (Phi) is 8.06. The first-order chi connectivity index (χ1) is 16.9. The van der Waals surface area contributed by atoms with E-state index in [0.29, 0.717) is 32.2 Å². The molecule has 0 aliphatic heterocycles. The van der Waals surface area contributed by atoms with E-state index in [1.165, 1.54) is 22.3 Å². The first-order valence-electron chi connectivity index (χ1n) is 12.5. The van der Waals surface area contributed by atoms with Gasteiger partial charge in [0.2, 0.25) is 5.91 Å². The van der Waals surface area contributed by atoms with Crippen molar-refractivity contribution in [3.05, 3.63) is 59.7 Å². The molecule has 2 aliphatic carbocycles. The lowest BCUT2D eigenvalue weighted by Crippen LogP contribution is -2.40. The topological polar surface area (TPSA) is 105 Å². The number of carbonyl (C=O) groups excluding carboxylic acids is 2. The average Bonchev–Trinajstić information content (AvgIpc) is 3.16. The quantitative estimate of drug-likeness (QED) is 0.485. The van der Waals surface area contributed by atoms with E-state index in [-0.39, 0.29) is 36.3 Å². The lowest BCUT2D eigenvalue weighted by Gasteiger charge is -2.27. The van der Waals surface area contributed by atoms with Crippen LogP contribution in [-0.2, 0) is 14.3 Å². The van der Waals surface area contributed by atoms with Crippen LogP contribution < -0.4 is 10.6 Å². The van der Waals surface area contributed by atoms with Gasteiger partial charge in [-0.05, 0) is 53.9 Å². The van der Waals surface area contributed by atoms with Crippen LogP contribution in [-0.4, -0.2) is 42.3 Å². The highest BCUT2D eigenvalue weighted by Crippen LogP contribution is 2.44. The van der Waals surface area contributed by atoms with E-state index in [2.05, 4.69) is 34.9 Å². The smallest absolute Gasteiger partial charge is 0.407 e. The molecule has 0 aromatic heterocycles. The van der Waals surface area contributed by atoms with Crippen LogP contribution in [0.25, 0.3) is 11.1 Å². The van der Waals surface area contributed by atoms with E-state index in [9.17, 15) is 19.5 Å². The third-order valence-electron chi connectivity index (χ3n) is 7.17.